The van der Waals surface area contributed by atoms with E-state index in [1.165, 1.54) is 51.5 Å². The maximum atomic E-state index is 3.86. The lowest BCUT2D eigenvalue weighted by Gasteiger charge is -2.48. The van der Waals surface area contributed by atoms with Gasteiger partial charge in [-0.3, -0.25) is 4.90 Å². The Morgan fingerprint density at radius 3 is 2.55 bits per heavy atom. The van der Waals surface area contributed by atoms with Crippen LogP contribution in [0, 0.1) is 5.41 Å². The zero-order valence-corrected chi connectivity index (χ0v) is 14.4. The first-order valence-corrected chi connectivity index (χ1v) is 8.99. The van der Waals surface area contributed by atoms with Gasteiger partial charge >= 0.3 is 0 Å². The third-order valence-electron chi connectivity index (χ3n) is 5.72. The summed E-state index contributed by atoms with van der Waals surface area (Å²) in [5.74, 6) is 0. The fraction of sp³-hybridized carbons (Fsp3) is 1.00. The molecule has 2 fully saturated rings. The van der Waals surface area contributed by atoms with Gasteiger partial charge in [0.25, 0.3) is 0 Å². The molecule has 0 amide bonds. The molecule has 1 N–H and O–H groups in total. The molecule has 1 saturated carbocycles. The summed E-state index contributed by atoms with van der Waals surface area (Å²) < 4.78 is 0. The Balaban J connectivity index is 2.13. The number of nitrogens with one attached hydrogen (secondary N) is 1. The average molecular weight is 280 g/mol. The van der Waals surface area contributed by atoms with E-state index in [9.17, 15) is 0 Å². The number of hydrogen-bond acceptors (Lipinski definition) is 2. The van der Waals surface area contributed by atoms with Crippen LogP contribution in [0.1, 0.15) is 79.6 Å². The number of likely N-dealkylation sites (tertiary alicyclic amines) is 1. The Morgan fingerprint density at radius 1 is 1.15 bits per heavy atom. The molecule has 1 aliphatic heterocycles. The molecule has 4 unspecified atom stereocenters. The predicted molar refractivity (Wildman–Crippen MR) is 88.1 cm³/mol. The summed E-state index contributed by atoms with van der Waals surface area (Å²) in [7, 11) is 0. The summed E-state index contributed by atoms with van der Waals surface area (Å²) in [6.07, 6.45) is 9.49. The van der Waals surface area contributed by atoms with Crippen LogP contribution in [0.2, 0.25) is 0 Å². The van der Waals surface area contributed by atoms with Crippen LogP contribution in [0.15, 0.2) is 0 Å². The summed E-state index contributed by atoms with van der Waals surface area (Å²) in [6, 6.07) is 3.09. The van der Waals surface area contributed by atoms with E-state index in [0.717, 1.165) is 24.2 Å². The molecule has 0 aromatic carbocycles. The highest BCUT2D eigenvalue weighted by Crippen LogP contribution is 2.41. The minimum Gasteiger partial charge on any atom is -0.312 e. The molecule has 2 aliphatic rings. The van der Waals surface area contributed by atoms with Gasteiger partial charge in [0.2, 0.25) is 0 Å². The van der Waals surface area contributed by atoms with Crippen LogP contribution in [0.25, 0.3) is 0 Å². The standard InChI is InChI=1S/C18H36N2/c1-6-12-19-16-10-11-18(4,5)13-17(16)20-14(3)8-9-15(20)7-2/h14-17,19H,6-13H2,1-5H3. The van der Waals surface area contributed by atoms with Crippen molar-refractivity contribution in [1.29, 1.82) is 0 Å². The average Bonchev–Trinajstić information content (AvgIpc) is 2.77. The molecule has 4 atom stereocenters. The zero-order valence-electron chi connectivity index (χ0n) is 14.4. The van der Waals surface area contributed by atoms with Gasteiger partial charge in [0.15, 0.2) is 0 Å². The monoisotopic (exact) mass is 280 g/mol. The Kier molecular flexibility index (Phi) is 5.53. The smallest absolute Gasteiger partial charge is 0.0260 e. The molecule has 0 radical (unpaired) electrons. The largest absolute Gasteiger partial charge is 0.312 e. The van der Waals surface area contributed by atoms with Crippen molar-refractivity contribution in [3.8, 4) is 0 Å². The van der Waals surface area contributed by atoms with Crippen LogP contribution in [-0.4, -0.2) is 35.6 Å². The molecule has 2 rings (SSSR count). The van der Waals surface area contributed by atoms with Crippen LogP contribution in [-0.2, 0) is 0 Å². The Morgan fingerprint density at radius 2 is 1.90 bits per heavy atom. The third-order valence-corrected chi connectivity index (χ3v) is 5.72. The van der Waals surface area contributed by atoms with Crippen LogP contribution in [0.4, 0.5) is 0 Å². The molecule has 1 aliphatic carbocycles. The topological polar surface area (TPSA) is 15.3 Å². The van der Waals surface area contributed by atoms with E-state index >= 15 is 0 Å². The van der Waals surface area contributed by atoms with Gasteiger partial charge in [-0.15, -0.1) is 0 Å². The van der Waals surface area contributed by atoms with Crippen molar-refractivity contribution >= 4 is 0 Å². The molecular weight excluding hydrogens is 244 g/mol. The normalized spacial score (nSPS) is 38.2. The second-order valence-corrected chi connectivity index (χ2v) is 7.97. The molecule has 2 heteroatoms. The van der Waals surface area contributed by atoms with Crippen molar-refractivity contribution in [3.05, 3.63) is 0 Å². The minimum atomic E-state index is 0.523. The molecular formula is C18H36N2. The van der Waals surface area contributed by atoms with Crippen LogP contribution >= 0.6 is 0 Å². The maximum absolute atomic E-state index is 3.86. The molecule has 0 spiro atoms. The van der Waals surface area contributed by atoms with Crippen molar-refractivity contribution in [1.82, 2.24) is 10.2 Å². The van der Waals surface area contributed by atoms with E-state index < -0.39 is 0 Å². The van der Waals surface area contributed by atoms with Gasteiger partial charge in [0.1, 0.15) is 0 Å². The highest BCUT2D eigenvalue weighted by atomic mass is 15.3. The van der Waals surface area contributed by atoms with Crippen LogP contribution < -0.4 is 5.32 Å². The summed E-state index contributed by atoms with van der Waals surface area (Å²) in [5.41, 5.74) is 0.523. The van der Waals surface area contributed by atoms with Crippen LogP contribution in [0.5, 0.6) is 0 Å². The Bertz CT molecular complexity index is 300. The number of hydrogen-bond donors (Lipinski definition) is 1. The molecule has 0 aromatic heterocycles. The van der Waals surface area contributed by atoms with Gasteiger partial charge in [-0.05, 0) is 63.8 Å². The summed E-state index contributed by atoms with van der Waals surface area (Å²) in [5, 5.41) is 3.86. The number of rotatable bonds is 5. The molecule has 1 heterocycles. The second-order valence-electron chi connectivity index (χ2n) is 7.97. The highest BCUT2D eigenvalue weighted by molar-refractivity contribution is 4.99. The first-order chi connectivity index (χ1) is 9.48. The molecule has 2 nitrogen and oxygen atoms in total. The van der Waals surface area contributed by atoms with Crippen LogP contribution in [0.3, 0.4) is 0 Å². The van der Waals surface area contributed by atoms with E-state index in [2.05, 4.69) is 44.8 Å². The quantitative estimate of drug-likeness (QED) is 0.812. The predicted octanol–water partition coefficient (Wildman–Crippen LogP) is 4.20. The van der Waals surface area contributed by atoms with Gasteiger partial charge in [0.05, 0.1) is 0 Å². The lowest BCUT2D eigenvalue weighted by Crippen LogP contribution is -2.57. The van der Waals surface area contributed by atoms with Crippen molar-refractivity contribution in [3.63, 3.8) is 0 Å². The maximum Gasteiger partial charge on any atom is 0.0260 e. The van der Waals surface area contributed by atoms with Crippen molar-refractivity contribution in [2.24, 2.45) is 5.41 Å². The molecule has 0 aromatic rings. The second kappa shape index (κ2) is 6.79. The first-order valence-electron chi connectivity index (χ1n) is 8.99. The fourth-order valence-corrected chi connectivity index (χ4v) is 4.53. The molecule has 1 saturated heterocycles. The summed E-state index contributed by atoms with van der Waals surface area (Å²) >= 11 is 0. The molecule has 20 heavy (non-hydrogen) atoms. The first kappa shape index (κ1) is 16.3. The lowest BCUT2D eigenvalue weighted by atomic mass is 9.72. The molecule has 0 bridgehead atoms. The Hall–Kier alpha value is -0.0800. The minimum absolute atomic E-state index is 0.523. The lowest BCUT2D eigenvalue weighted by molar-refractivity contribution is 0.0344. The summed E-state index contributed by atoms with van der Waals surface area (Å²) in [6.45, 7) is 13.2. The van der Waals surface area contributed by atoms with Crippen molar-refractivity contribution < 1.29 is 0 Å². The fourth-order valence-electron chi connectivity index (χ4n) is 4.53. The van der Waals surface area contributed by atoms with Crippen molar-refractivity contribution in [2.75, 3.05) is 6.54 Å². The SMILES string of the molecule is CCCNC1CCC(C)(C)CC1N1C(C)CCC1CC. The van der Waals surface area contributed by atoms with Gasteiger partial charge in [-0.25, -0.2) is 0 Å². The third kappa shape index (κ3) is 3.57. The zero-order chi connectivity index (χ0) is 14.8. The number of nitrogens with zero attached hydrogens (tertiary/aromatic N) is 1. The van der Waals surface area contributed by atoms with E-state index in [-0.39, 0.29) is 0 Å². The highest BCUT2D eigenvalue weighted by Gasteiger charge is 2.43. The van der Waals surface area contributed by atoms with Crippen molar-refractivity contribution in [2.45, 2.75) is 104 Å². The molecule has 118 valence electrons. The van der Waals surface area contributed by atoms with Gasteiger partial charge in [0, 0.05) is 24.2 Å². The van der Waals surface area contributed by atoms with E-state index in [1.807, 2.05) is 0 Å². The summed E-state index contributed by atoms with van der Waals surface area (Å²) in [4.78, 5) is 2.90. The van der Waals surface area contributed by atoms with Gasteiger partial charge in [-0.2, -0.15) is 0 Å². The van der Waals surface area contributed by atoms with E-state index in [4.69, 9.17) is 0 Å². The van der Waals surface area contributed by atoms with E-state index in [0.29, 0.717) is 5.41 Å². The Labute approximate surface area is 126 Å². The van der Waals surface area contributed by atoms with Gasteiger partial charge in [-0.1, -0.05) is 27.7 Å². The van der Waals surface area contributed by atoms with E-state index in [1.54, 1.807) is 0 Å². The van der Waals surface area contributed by atoms with Gasteiger partial charge < -0.3 is 5.32 Å².